The highest BCUT2D eigenvalue weighted by molar-refractivity contribution is 5.82. The van der Waals surface area contributed by atoms with Crippen LogP contribution in [-0.4, -0.2) is 9.13 Å². The number of hydrogen-bond donors (Lipinski definition) is 1. The largest absolute Gasteiger partial charge is 0.399 e. The van der Waals surface area contributed by atoms with Gasteiger partial charge in [0.25, 0.3) is 0 Å². The van der Waals surface area contributed by atoms with Gasteiger partial charge in [0, 0.05) is 18.4 Å². The lowest BCUT2D eigenvalue weighted by molar-refractivity contribution is 0.852. The van der Waals surface area contributed by atoms with E-state index in [1.54, 1.807) is 35.2 Å². The van der Waals surface area contributed by atoms with E-state index in [-0.39, 0.29) is 5.69 Å². The van der Waals surface area contributed by atoms with Crippen LogP contribution in [0.15, 0.2) is 29.6 Å². The van der Waals surface area contributed by atoms with Gasteiger partial charge in [-0.05, 0) is 25.1 Å². The molecule has 0 atom stereocenters. The summed E-state index contributed by atoms with van der Waals surface area (Å²) in [7, 11) is 1.74. The van der Waals surface area contributed by atoms with E-state index < -0.39 is 0 Å². The van der Waals surface area contributed by atoms with Crippen molar-refractivity contribution in [2.24, 2.45) is 7.05 Å². The van der Waals surface area contributed by atoms with E-state index in [9.17, 15) is 4.79 Å². The third kappa shape index (κ3) is 1.26. The van der Waals surface area contributed by atoms with Gasteiger partial charge >= 0.3 is 5.69 Å². The molecule has 2 aromatic rings. The highest BCUT2D eigenvalue weighted by atomic mass is 16.1. The van der Waals surface area contributed by atoms with Gasteiger partial charge in [0.2, 0.25) is 0 Å². The SMILES string of the molecule is C=C(C)n1c(=O)n(C)c2ccc(N)cc21. The van der Waals surface area contributed by atoms with Crippen molar-refractivity contribution in [2.75, 3.05) is 5.73 Å². The van der Waals surface area contributed by atoms with Gasteiger partial charge in [-0.3, -0.25) is 9.13 Å². The molecule has 1 heterocycles. The second kappa shape index (κ2) is 3.02. The molecule has 1 aromatic carbocycles. The van der Waals surface area contributed by atoms with Gasteiger partial charge in [-0.2, -0.15) is 0 Å². The fraction of sp³-hybridized carbons (Fsp3) is 0.182. The number of nitrogen functional groups attached to an aromatic ring is 1. The number of nitrogens with two attached hydrogens (primary N) is 1. The number of fused-ring (bicyclic) bond motifs is 1. The predicted octanol–water partition coefficient (Wildman–Crippen LogP) is 1.41. The number of anilines is 1. The molecule has 0 aliphatic carbocycles. The zero-order chi connectivity index (χ0) is 11.2. The Morgan fingerprint density at radius 3 is 2.67 bits per heavy atom. The van der Waals surface area contributed by atoms with Gasteiger partial charge in [-0.15, -0.1) is 0 Å². The Morgan fingerprint density at radius 1 is 1.40 bits per heavy atom. The van der Waals surface area contributed by atoms with Crippen LogP contribution < -0.4 is 11.4 Å². The fourth-order valence-electron chi connectivity index (χ4n) is 1.73. The molecule has 4 nitrogen and oxygen atoms in total. The smallest absolute Gasteiger partial charge is 0.333 e. The summed E-state index contributed by atoms with van der Waals surface area (Å²) < 4.78 is 3.15. The second-order valence-electron chi connectivity index (χ2n) is 3.66. The van der Waals surface area contributed by atoms with E-state index in [1.807, 2.05) is 6.07 Å². The van der Waals surface area contributed by atoms with Crippen LogP contribution in [0.25, 0.3) is 16.7 Å². The van der Waals surface area contributed by atoms with Crippen molar-refractivity contribution in [1.82, 2.24) is 9.13 Å². The Bertz CT molecular complexity index is 604. The first kappa shape index (κ1) is 9.58. The van der Waals surface area contributed by atoms with Crippen molar-refractivity contribution in [3.63, 3.8) is 0 Å². The molecular weight excluding hydrogens is 190 g/mol. The Hall–Kier alpha value is -1.97. The van der Waals surface area contributed by atoms with Gasteiger partial charge in [0.05, 0.1) is 11.0 Å². The molecule has 0 radical (unpaired) electrons. The maximum atomic E-state index is 11.9. The summed E-state index contributed by atoms with van der Waals surface area (Å²) in [5, 5.41) is 0. The third-order valence-electron chi connectivity index (χ3n) is 2.46. The highest BCUT2D eigenvalue weighted by Gasteiger charge is 2.10. The van der Waals surface area contributed by atoms with Gasteiger partial charge in [-0.1, -0.05) is 6.58 Å². The number of benzene rings is 1. The average molecular weight is 203 g/mol. The van der Waals surface area contributed by atoms with Crippen molar-refractivity contribution in [1.29, 1.82) is 0 Å². The van der Waals surface area contributed by atoms with E-state index in [4.69, 9.17) is 5.73 Å². The average Bonchev–Trinajstić information content (AvgIpc) is 2.39. The monoisotopic (exact) mass is 203 g/mol. The number of aryl methyl sites for hydroxylation is 1. The van der Waals surface area contributed by atoms with E-state index in [2.05, 4.69) is 6.58 Å². The van der Waals surface area contributed by atoms with Crippen LogP contribution in [0.1, 0.15) is 6.92 Å². The molecule has 0 saturated heterocycles. The number of rotatable bonds is 1. The van der Waals surface area contributed by atoms with E-state index in [0.29, 0.717) is 11.4 Å². The molecule has 1 aromatic heterocycles. The number of allylic oxidation sites excluding steroid dienone is 1. The molecular formula is C11H13N3O. The normalized spacial score (nSPS) is 10.8. The minimum absolute atomic E-state index is 0.0944. The minimum atomic E-state index is -0.0944. The summed E-state index contributed by atoms with van der Waals surface area (Å²) in [4.78, 5) is 11.9. The molecule has 2 N–H and O–H groups in total. The number of hydrogen-bond acceptors (Lipinski definition) is 2. The van der Waals surface area contributed by atoms with Crippen LogP contribution in [0.5, 0.6) is 0 Å². The molecule has 0 spiro atoms. The third-order valence-corrected chi connectivity index (χ3v) is 2.46. The summed E-state index contributed by atoms with van der Waals surface area (Å²) in [6.45, 7) is 5.58. The Labute approximate surface area is 87.2 Å². The van der Waals surface area contributed by atoms with Crippen molar-refractivity contribution in [2.45, 2.75) is 6.92 Å². The molecule has 0 saturated carbocycles. The summed E-state index contributed by atoms with van der Waals surface area (Å²) in [6, 6.07) is 5.40. The Morgan fingerprint density at radius 2 is 2.07 bits per heavy atom. The van der Waals surface area contributed by atoms with E-state index >= 15 is 0 Å². The van der Waals surface area contributed by atoms with Gasteiger partial charge in [0.1, 0.15) is 0 Å². The van der Waals surface area contributed by atoms with Crippen LogP contribution in [0.2, 0.25) is 0 Å². The molecule has 0 aliphatic heterocycles. The molecule has 0 unspecified atom stereocenters. The topological polar surface area (TPSA) is 53.0 Å². The highest BCUT2D eigenvalue weighted by Crippen LogP contribution is 2.17. The number of nitrogens with zero attached hydrogens (tertiary/aromatic N) is 2. The molecule has 0 amide bonds. The van der Waals surface area contributed by atoms with Crippen LogP contribution >= 0.6 is 0 Å². The molecule has 0 fully saturated rings. The van der Waals surface area contributed by atoms with Crippen molar-refractivity contribution < 1.29 is 0 Å². The summed E-state index contributed by atoms with van der Waals surface area (Å²) in [5.74, 6) is 0. The first-order chi connectivity index (χ1) is 7.02. The zero-order valence-electron chi connectivity index (χ0n) is 8.82. The maximum absolute atomic E-state index is 11.9. The molecule has 2 rings (SSSR count). The second-order valence-corrected chi connectivity index (χ2v) is 3.66. The van der Waals surface area contributed by atoms with Crippen molar-refractivity contribution >= 4 is 22.4 Å². The Kier molecular flexibility index (Phi) is 1.93. The lowest BCUT2D eigenvalue weighted by Crippen LogP contribution is -2.20. The molecule has 0 aliphatic rings. The summed E-state index contributed by atoms with van der Waals surface area (Å²) >= 11 is 0. The van der Waals surface area contributed by atoms with E-state index in [1.165, 1.54) is 0 Å². The standard InChI is InChI=1S/C11H13N3O/c1-7(2)14-10-6-8(12)4-5-9(10)13(3)11(14)15/h4-6H,1,12H2,2-3H3. The quantitative estimate of drug-likeness (QED) is 0.712. The number of aromatic nitrogens is 2. The van der Waals surface area contributed by atoms with Crippen molar-refractivity contribution in [3.05, 3.63) is 35.3 Å². The molecule has 0 bridgehead atoms. The fourth-order valence-corrected chi connectivity index (χ4v) is 1.73. The van der Waals surface area contributed by atoms with Gasteiger partial charge in [0.15, 0.2) is 0 Å². The lowest BCUT2D eigenvalue weighted by Gasteiger charge is -2.00. The first-order valence-corrected chi connectivity index (χ1v) is 4.65. The zero-order valence-corrected chi connectivity index (χ0v) is 8.82. The van der Waals surface area contributed by atoms with E-state index in [0.717, 1.165) is 11.0 Å². The van der Waals surface area contributed by atoms with Crippen LogP contribution in [0.4, 0.5) is 5.69 Å². The van der Waals surface area contributed by atoms with Crippen molar-refractivity contribution in [3.8, 4) is 0 Å². The molecule has 78 valence electrons. The summed E-state index contributed by atoms with van der Waals surface area (Å²) in [5.41, 5.74) is 8.60. The van der Waals surface area contributed by atoms with Crippen LogP contribution in [0, 0.1) is 0 Å². The summed E-state index contributed by atoms with van der Waals surface area (Å²) in [6.07, 6.45) is 0. The van der Waals surface area contributed by atoms with Crippen LogP contribution in [-0.2, 0) is 7.05 Å². The predicted molar refractivity (Wildman–Crippen MR) is 62.6 cm³/mol. The number of imidazole rings is 1. The Balaban J connectivity index is 3.02. The maximum Gasteiger partial charge on any atom is 0.333 e. The van der Waals surface area contributed by atoms with Crippen LogP contribution in [0.3, 0.4) is 0 Å². The minimum Gasteiger partial charge on any atom is -0.399 e. The molecule has 4 heteroatoms. The van der Waals surface area contributed by atoms with Gasteiger partial charge in [-0.25, -0.2) is 4.79 Å². The molecule has 15 heavy (non-hydrogen) atoms. The first-order valence-electron chi connectivity index (χ1n) is 4.65. The lowest BCUT2D eigenvalue weighted by atomic mass is 10.2. The van der Waals surface area contributed by atoms with Gasteiger partial charge < -0.3 is 5.73 Å².